The van der Waals surface area contributed by atoms with E-state index in [1.807, 2.05) is 11.0 Å². The fraction of sp³-hybridized carbons (Fsp3) is 0.235. The average Bonchev–Trinajstić information content (AvgIpc) is 2.61. The minimum Gasteiger partial charge on any atom is -0.508 e. The van der Waals surface area contributed by atoms with Gasteiger partial charge in [0.1, 0.15) is 40.7 Å². The maximum atomic E-state index is 9.75. The lowest BCUT2D eigenvalue weighted by Crippen LogP contribution is -2.37. The number of nitrogen functional groups attached to an aromatic ring is 1. The highest BCUT2D eigenvalue weighted by Crippen LogP contribution is 2.36. The van der Waals surface area contributed by atoms with Gasteiger partial charge in [-0.25, -0.2) is 4.98 Å². The Morgan fingerprint density at radius 2 is 1.88 bits per heavy atom. The van der Waals surface area contributed by atoms with E-state index in [1.165, 1.54) is 12.1 Å². The molecule has 0 bridgehead atoms. The number of nitriles is 2. The number of aromatic hydroxyl groups is 1. The van der Waals surface area contributed by atoms with Crippen LogP contribution in [0.15, 0.2) is 24.3 Å². The Balaban J connectivity index is 2.28. The van der Waals surface area contributed by atoms with Crippen molar-refractivity contribution in [3.05, 3.63) is 35.4 Å². The van der Waals surface area contributed by atoms with E-state index in [0.29, 0.717) is 43.2 Å². The zero-order valence-electron chi connectivity index (χ0n) is 12.9. The van der Waals surface area contributed by atoms with Crippen molar-refractivity contribution in [3.8, 4) is 29.0 Å². The monoisotopic (exact) mass is 321 g/mol. The Morgan fingerprint density at radius 1 is 1.17 bits per heavy atom. The van der Waals surface area contributed by atoms with Gasteiger partial charge in [0.05, 0.1) is 13.2 Å². The summed E-state index contributed by atoms with van der Waals surface area (Å²) in [6, 6.07) is 10.6. The second-order valence-corrected chi connectivity index (χ2v) is 5.32. The van der Waals surface area contributed by atoms with Gasteiger partial charge >= 0.3 is 0 Å². The van der Waals surface area contributed by atoms with Crippen molar-refractivity contribution in [1.29, 1.82) is 10.5 Å². The predicted molar refractivity (Wildman–Crippen MR) is 88.2 cm³/mol. The molecule has 0 atom stereocenters. The number of morpholine rings is 1. The molecule has 1 aliphatic rings. The molecule has 0 amide bonds. The van der Waals surface area contributed by atoms with Gasteiger partial charge in [0.15, 0.2) is 0 Å². The molecule has 24 heavy (non-hydrogen) atoms. The summed E-state index contributed by atoms with van der Waals surface area (Å²) in [4.78, 5) is 6.21. The van der Waals surface area contributed by atoms with Crippen LogP contribution in [0.25, 0.3) is 11.1 Å². The Bertz CT molecular complexity index is 861. The molecule has 7 heteroatoms. The van der Waals surface area contributed by atoms with Crippen LogP contribution in [0.2, 0.25) is 0 Å². The predicted octanol–water partition coefficient (Wildman–Crippen LogP) is 1.62. The Hall–Kier alpha value is -3.29. The maximum Gasteiger partial charge on any atom is 0.149 e. The first-order chi connectivity index (χ1) is 11.7. The number of nitrogens with zero attached hydrogens (tertiary/aromatic N) is 4. The number of phenols is 1. The van der Waals surface area contributed by atoms with Gasteiger partial charge < -0.3 is 20.5 Å². The van der Waals surface area contributed by atoms with Crippen molar-refractivity contribution in [3.63, 3.8) is 0 Å². The zero-order valence-corrected chi connectivity index (χ0v) is 12.9. The molecule has 3 rings (SSSR count). The third-order valence-corrected chi connectivity index (χ3v) is 3.88. The van der Waals surface area contributed by atoms with Crippen LogP contribution < -0.4 is 10.6 Å². The molecule has 2 heterocycles. The fourth-order valence-electron chi connectivity index (χ4n) is 2.76. The summed E-state index contributed by atoms with van der Waals surface area (Å²) in [6.45, 7) is 2.25. The number of anilines is 2. The normalized spacial score (nSPS) is 14.0. The first-order valence-electron chi connectivity index (χ1n) is 7.41. The van der Waals surface area contributed by atoms with Crippen LogP contribution in [0.3, 0.4) is 0 Å². The quantitative estimate of drug-likeness (QED) is 0.862. The van der Waals surface area contributed by atoms with Gasteiger partial charge in [0.2, 0.25) is 0 Å². The SMILES string of the molecule is N#Cc1c(N)nc(N2CCOCC2)c(C#N)c1-c1cccc(O)c1. The molecule has 120 valence electrons. The molecule has 2 aromatic rings. The van der Waals surface area contributed by atoms with Gasteiger partial charge in [0, 0.05) is 18.7 Å². The molecule has 1 aromatic heterocycles. The Kier molecular flexibility index (Phi) is 4.19. The second kappa shape index (κ2) is 6.45. The van der Waals surface area contributed by atoms with Crippen molar-refractivity contribution in [1.82, 2.24) is 4.98 Å². The van der Waals surface area contributed by atoms with Crippen LogP contribution in [-0.2, 0) is 4.74 Å². The van der Waals surface area contributed by atoms with Gasteiger partial charge in [-0.2, -0.15) is 10.5 Å². The van der Waals surface area contributed by atoms with Gasteiger partial charge in [-0.05, 0) is 17.7 Å². The molecular weight excluding hydrogens is 306 g/mol. The molecule has 1 saturated heterocycles. The molecule has 0 aliphatic carbocycles. The zero-order chi connectivity index (χ0) is 17.1. The standard InChI is InChI=1S/C17H15N5O2/c18-9-13-15(11-2-1-3-12(23)8-11)14(10-19)17(21-16(13)20)22-4-6-24-7-5-22/h1-3,8,23H,4-7H2,(H2,20,21). The molecule has 0 radical (unpaired) electrons. The van der Waals surface area contributed by atoms with Crippen molar-refractivity contribution in [2.75, 3.05) is 36.9 Å². The van der Waals surface area contributed by atoms with Crippen LogP contribution in [0.1, 0.15) is 11.1 Å². The van der Waals surface area contributed by atoms with Crippen molar-refractivity contribution in [2.45, 2.75) is 0 Å². The molecule has 0 spiro atoms. The van der Waals surface area contributed by atoms with Crippen molar-refractivity contribution < 1.29 is 9.84 Å². The lowest BCUT2D eigenvalue weighted by molar-refractivity contribution is 0.122. The number of benzene rings is 1. The number of aromatic nitrogens is 1. The van der Waals surface area contributed by atoms with Crippen molar-refractivity contribution in [2.24, 2.45) is 0 Å². The number of ether oxygens (including phenoxy) is 1. The number of phenolic OH excluding ortho intramolecular Hbond substituents is 1. The lowest BCUT2D eigenvalue weighted by atomic mass is 9.95. The topological polar surface area (TPSA) is 119 Å². The van der Waals surface area contributed by atoms with Crippen LogP contribution in [0, 0.1) is 22.7 Å². The molecule has 7 nitrogen and oxygen atoms in total. The van der Waals surface area contributed by atoms with E-state index in [1.54, 1.807) is 12.1 Å². The van der Waals surface area contributed by atoms with E-state index in [9.17, 15) is 15.6 Å². The highest BCUT2D eigenvalue weighted by molar-refractivity contribution is 5.85. The Labute approximate surface area is 139 Å². The van der Waals surface area contributed by atoms with Gasteiger partial charge in [-0.3, -0.25) is 0 Å². The van der Waals surface area contributed by atoms with Crippen LogP contribution in [-0.4, -0.2) is 36.4 Å². The largest absolute Gasteiger partial charge is 0.508 e. The van der Waals surface area contributed by atoms with E-state index in [4.69, 9.17) is 10.5 Å². The summed E-state index contributed by atoms with van der Waals surface area (Å²) < 4.78 is 5.33. The molecular formula is C17H15N5O2. The van der Waals surface area contributed by atoms with Gasteiger partial charge in [-0.1, -0.05) is 12.1 Å². The second-order valence-electron chi connectivity index (χ2n) is 5.32. The molecule has 0 saturated carbocycles. The minimum absolute atomic E-state index is 0.0450. The molecule has 3 N–H and O–H groups in total. The number of hydrogen-bond acceptors (Lipinski definition) is 7. The van der Waals surface area contributed by atoms with Crippen LogP contribution in [0.4, 0.5) is 11.6 Å². The van der Waals surface area contributed by atoms with Crippen LogP contribution >= 0.6 is 0 Å². The maximum absolute atomic E-state index is 9.75. The minimum atomic E-state index is 0.0450. The van der Waals surface area contributed by atoms with Gasteiger partial charge in [0.25, 0.3) is 0 Å². The van der Waals surface area contributed by atoms with E-state index >= 15 is 0 Å². The summed E-state index contributed by atoms with van der Waals surface area (Å²) in [7, 11) is 0. The highest BCUT2D eigenvalue weighted by Gasteiger charge is 2.24. The summed E-state index contributed by atoms with van der Waals surface area (Å²) >= 11 is 0. The number of nitrogens with two attached hydrogens (primary N) is 1. The van der Waals surface area contributed by atoms with Crippen LogP contribution in [0.5, 0.6) is 5.75 Å². The summed E-state index contributed by atoms with van der Waals surface area (Å²) in [6.07, 6.45) is 0. The van der Waals surface area contributed by atoms with Crippen molar-refractivity contribution >= 4 is 11.6 Å². The lowest BCUT2D eigenvalue weighted by Gasteiger charge is -2.29. The third-order valence-electron chi connectivity index (χ3n) is 3.88. The smallest absolute Gasteiger partial charge is 0.149 e. The van der Waals surface area contributed by atoms with E-state index in [-0.39, 0.29) is 22.7 Å². The molecule has 0 unspecified atom stereocenters. The van der Waals surface area contributed by atoms with E-state index < -0.39 is 0 Å². The van der Waals surface area contributed by atoms with E-state index in [0.717, 1.165) is 0 Å². The summed E-state index contributed by atoms with van der Waals surface area (Å²) in [5.41, 5.74) is 7.32. The summed E-state index contributed by atoms with van der Waals surface area (Å²) in [5.74, 6) is 0.551. The Morgan fingerprint density at radius 3 is 2.50 bits per heavy atom. The number of rotatable bonds is 2. The van der Waals surface area contributed by atoms with Gasteiger partial charge in [-0.15, -0.1) is 0 Å². The molecule has 1 aromatic carbocycles. The molecule has 1 fully saturated rings. The average molecular weight is 321 g/mol. The number of hydrogen-bond donors (Lipinski definition) is 2. The summed E-state index contributed by atoms with van der Waals surface area (Å²) in [5, 5.41) is 28.9. The third kappa shape index (κ3) is 2.69. The first-order valence-corrected chi connectivity index (χ1v) is 7.41. The first kappa shape index (κ1) is 15.6. The fourth-order valence-corrected chi connectivity index (χ4v) is 2.76. The van der Waals surface area contributed by atoms with E-state index in [2.05, 4.69) is 11.1 Å². The highest BCUT2D eigenvalue weighted by atomic mass is 16.5. The number of pyridine rings is 1. The molecule has 1 aliphatic heterocycles.